The highest BCUT2D eigenvalue weighted by Crippen LogP contribution is 2.37. The molecule has 124 valence electrons. The molecule has 4 rings (SSSR count). The molecule has 0 saturated heterocycles. The van der Waals surface area contributed by atoms with E-state index in [0.717, 1.165) is 16.9 Å². The Morgan fingerprint density at radius 1 is 1.12 bits per heavy atom. The van der Waals surface area contributed by atoms with Crippen LogP contribution in [-0.2, 0) is 4.79 Å². The van der Waals surface area contributed by atoms with Crippen molar-refractivity contribution in [3.05, 3.63) is 77.7 Å². The Morgan fingerprint density at radius 2 is 1.84 bits per heavy atom. The molecular formula is C19H15N3O3. The number of carbonyl (C=O) groups is 2. The third-order valence-corrected chi connectivity index (χ3v) is 4.37. The maximum Gasteiger partial charge on any atom is 0.335 e. The van der Waals surface area contributed by atoms with Crippen molar-refractivity contribution in [1.82, 2.24) is 9.55 Å². The summed E-state index contributed by atoms with van der Waals surface area (Å²) in [4.78, 5) is 27.8. The fourth-order valence-corrected chi connectivity index (χ4v) is 3.12. The first kappa shape index (κ1) is 15.1. The summed E-state index contributed by atoms with van der Waals surface area (Å²) in [5.74, 6) is -0.592. The summed E-state index contributed by atoms with van der Waals surface area (Å²) in [6, 6.07) is 16.3. The van der Waals surface area contributed by atoms with Crippen molar-refractivity contribution in [2.24, 2.45) is 0 Å². The number of para-hydroxylation sites is 1. The first-order chi connectivity index (χ1) is 12.1. The van der Waals surface area contributed by atoms with E-state index in [2.05, 4.69) is 10.3 Å². The molecule has 1 aliphatic rings. The lowest BCUT2D eigenvalue weighted by atomic mass is 9.89. The predicted octanol–water partition coefficient (Wildman–Crippen LogP) is 3.04. The van der Waals surface area contributed by atoms with Gasteiger partial charge in [-0.1, -0.05) is 30.3 Å². The van der Waals surface area contributed by atoms with Crippen LogP contribution in [0.1, 0.15) is 34.0 Å². The second kappa shape index (κ2) is 5.90. The molecule has 1 amide bonds. The van der Waals surface area contributed by atoms with E-state index in [0.29, 0.717) is 5.82 Å². The third kappa shape index (κ3) is 2.67. The lowest BCUT2D eigenvalue weighted by molar-refractivity contribution is -0.116. The van der Waals surface area contributed by atoms with Gasteiger partial charge in [0, 0.05) is 18.0 Å². The van der Waals surface area contributed by atoms with E-state index in [9.17, 15) is 9.59 Å². The van der Waals surface area contributed by atoms with Crippen LogP contribution in [0.2, 0.25) is 0 Å². The van der Waals surface area contributed by atoms with Crippen LogP contribution >= 0.6 is 0 Å². The minimum atomic E-state index is -0.970. The number of carbonyl (C=O) groups excluding carboxylic acids is 1. The number of aromatic carboxylic acids is 1. The van der Waals surface area contributed by atoms with E-state index in [-0.39, 0.29) is 23.8 Å². The Bertz CT molecular complexity index is 946. The second-order valence-corrected chi connectivity index (χ2v) is 5.92. The van der Waals surface area contributed by atoms with Gasteiger partial charge in [0.1, 0.15) is 12.1 Å². The van der Waals surface area contributed by atoms with Crippen LogP contribution in [0, 0.1) is 0 Å². The molecule has 2 N–H and O–H groups in total. The molecule has 0 fully saturated rings. The van der Waals surface area contributed by atoms with Crippen molar-refractivity contribution in [1.29, 1.82) is 0 Å². The number of imidazole rings is 1. The SMILES string of the molecule is O=C1C[C@H](c2ccc(C(=O)O)cc2)c2ncn(-c3ccccc3)c2N1. The molecule has 0 spiro atoms. The second-order valence-electron chi connectivity index (χ2n) is 5.92. The molecule has 0 radical (unpaired) electrons. The zero-order valence-electron chi connectivity index (χ0n) is 13.2. The Morgan fingerprint density at radius 3 is 2.52 bits per heavy atom. The van der Waals surface area contributed by atoms with E-state index in [1.165, 1.54) is 0 Å². The van der Waals surface area contributed by atoms with Crippen molar-refractivity contribution in [3.63, 3.8) is 0 Å². The number of nitrogens with one attached hydrogen (secondary N) is 1. The number of carboxylic acid groups (broad SMARTS) is 1. The van der Waals surface area contributed by atoms with Crippen LogP contribution in [-0.4, -0.2) is 26.5 Å². The highest BCUT2D eigenvalue weighted by atomic mass is 16.4. The lowest BCUT2D eigenvalue weighted by Crippen LogP contribution is -2.24. The molecule has 1 aliphatic heterocycles. The smallest absolute Gasteiger partial charge is 0.335 e. The highest BCUT2D eigenvalue weighted by molar-refractivity contribution is 5.94. The first-order valence-corrected chi connectivity index (χ1v) is 7.89. The number of carboxylic acids is 1. The van der Waals surface area contributed by atoms with Crippen molar-refractivity contribution >= 4 is 17.7 Å². The normalized spacial score (nSPS) is 16.2. The van der Waals surface area contributed by atoms with Crippen molar-refractivity contribution in [2.45, 2.75) is 12.3 Å². The van der Waals surface area contributed by atoms with Gasteiger partial charge in [-0.2, -0.15) is 0 Å². The topological polar surface area (TPSA) is 84.2 Å². The van der Waals surface area contributed by atoms with Gasteiger partial charge in [-0.05, 0) is 29.8 Å². The average molecular weight is 333 g/mol. The van der Waals surface area contributed by atoms with Gasteiger partial charge in [0.15, 0.2) is 0 Å². The molecule has 1 aromatic heterocycles. The monoisotopic (exact) mass is 333 g/mol. The van der Waals surface area contributed by atoms with E-state index in [1.54, 1.807) is 30.6 Å². The number of nitrogens with zero attached hydrogens (tertiary/aromatic N) is 2. The molecule has 0 unspecified atom stereocenters. The highest BCUT2D eigenvalue weighted by Gasteiger charge is 2.31. The number of hydrogen-bond donors (Lipinski definition) is 2. The molecule has 25 heavy (non-hydrogen) atoms. The standard InChI is InChI=1S/C19H15N3O3/c23-16-10-15(12-6-8-13(9-7-12)19(24)25)17-18(21-16)22(11-20-17)14-4-2-1-3-5-14/h1-9,11,15H,10H2,(H,21,23)(H,24,25)/t15-/m1/s1. The average Bonchev–Trinajstić information content (AvgIpc) is 3.05. The minimum absolute atomic E-state index is 0.0857. The van der Waals surface area contributed by atoms with E-state index < -0.39 is 5.97 Å². The molecule has 2 heterocycles. The summed E-state index contributed by atoms with van der Waals surface area (Å²) in [5, 5.41) is 11.9. The summed E-state index contributed by atoms with van der Waals surface area (Å²) < 4.78 is 1.85. The fraction of sp³-hybridized carbons (Fsp3) is 0.105. The lowest BCUT2D eigenvalue weighted by Gasteiger charge is -2.23. The van der Waals surface area contributed by atoms with Crippen LogP contribution in [0.5, 0.6) is 0 Å². The molecule has 1 atom stereocenters. The molecule has 0 aliphatic carbocycles. The Labute approximate surface area is 143 Å². The molecular weight excluding hydrogens is 318 g/mol. The Balaban J connectivity index is 1.77. The molecule has 6 nitrogen and oxygen atoms in total. The number of amides is 1. The van der Waals surface area contributed by atoms with Gasteiger partial charge < -0.3 is 10.4 Å². The zero-order chi connectivity index (χ0) is 17.4. The van der Waals surface area contributed by atoms with E-state index >= 15 is 0 Å². The van der Waals surface area contributed by atoms with Gasteiger partial charge in [0.05, 0.1) is 11.3 Å². The number of benzene rings is 2. The van der Waals surface area contributed by atoms with Crippen LogP contribution in [0.25, 0.3) is 5.69 Å². The number of aromatic nitrogens is 2. The largest absolute Gasteiger partial charge is 0.478 e. The summed E-state index contributed by atoms with van der Waals surface area (Å²) in [6.45, 7) is 0. The molecule has 0 bridgehead atoms. The summed E-state index contributed by atoms with van der Waals surface area (Å²) in [7, 11) is 0. The number of hydrogen-bond acceptors (Lipinski definition) is 3. The number of anilines is 1. The van der Waals surface area contributed by atoms with Crippen LogP contribution < -0.4 is 5.32 Å². The molecule has 3 aromatic rings. The van der Waals surface area contributed by atoms with Crippen molar-refractivity contribution < 1.29 is 14.7 Å². The Kier molecular flexibility index (Phi) is 3.57. The number of fused-ring (bicyclic) bond motifs is 1. The molecule has 2 aromatic carbocycles. The predicted molar refractivity (Wildman–Crippen MR) is 92.1 cm³/mol. The summed E-state index contributed by atoms with van der Waals surface area (Å²) in [5.41, 5.74) is 2.79. The van der Waals surface area contributed by atoms with E-state index in [4.69, 9.17) is 5.11 Å². The zero-order valence-corrected chi connectivity index (χ0v) is 13.2. The van der Waals surface area contributed by atoms with Crippen LogP contribution in [0.15, 0.2) is 60.9 Å². The van der Waals surface area contributed by atoms with Crippen molar-refractivity contribution in [2.75, 3.05) is 5.32 Å². The van der Waals surface area contributed by atoms with Gasteiger partial charge >= 0.3 is 5.97 Å². The van der Waals surface area contributed by atoms with Crippen LogP contribution in [0.3, 0.4) is 0 Å². The Hall–Kier alpha value is -3.41. The van der Waals surface area contributed by atoms with Gasteiger partial charge in [-0.25, -0.2) is 9.78 Å². The van der Waals surface area contributed by atoms with Gasteiger partial charge in [-0.15, -0.1) is 0 Å². The summed E-state index contributed by atoms with van der Waals surface area (Å²) in [6.07, 6.45) is 1.98. The molecule has 6 heteroatoms. The van der Waals surface area contributed by atoms with Gasteiger partial charge in [0.2, 0.25) is 5.91 Å². The molecule has 0 saturated carbocycles. The minimum Gasteiger partial charge on any atom is -0.478 e. The quantitative estimate of drug-likeness (QED) is 0.771. The van der Waals surface area contributed by atoms with Gasteiger partial charge in [-0.3, -0.25) is 9.36 Å². The first-order valence-electron chi connectivity index (χ1n) is 7.89. The maximum absolute atomic E-state index is 12.2. The fourth-order valence-electron chi connectivity index (χ4n) is 3.12. The summed E-state index contributed by atoms with van der Waals surface area (Å²) >= 11 is 0. The number of rotatable bonds is 3. The van der Waals surface area contributed by atoms with Crippen molar-refractivity contribution in [3.8, 4) is 5.69 Å². The van der Waals surface area contributed by atoms with Gasteiger partial charge in [0.25, 0.3) is 0 Å². The maximum atomic E-state index is 12.2. The third-order valence-electron chi connectivity index (χ3n) is 4.37. The van der Waals surface area contributed by atoms with E-state index in [1.807, 2.05) is 34.9 Å². The van der Waals surface area contributed by atoms with Crippen LogP contribution in [0.4, 0.5) is 5.82 Å².